The molecule has 8 heteroatoms. The van der Waals surface area contributed by atoms with Gasteiger partial charge in [-0.15, -0.1) is 0 Å². The number of nitrogens with zero attached hydrogens (tertiary/aromatic N) is 1. The molecule has 1 amide bonds. The number of ether oxygens (including phenoxy) is 3. The van der Waals surface area contributed by atoms with Crippen molar-refractivity contribution in [1.82, 2.24) is 4.98 Å². The first-order chi connectivity index (χ1) is 12.6. The molecule has 1 heterocycles. The topological polar surface area (TPSA) is 82.8 Å². The molecule has 0 spiro atoms. The van der Waals surface area contributed by atoms with Crippen LogP contribution < -0.4 is 19.5 Å². The number of aromatic nitrogens is 1. The number of methoxy groups -OCH3 is 3. The fourth-order valence-corrected chi connectivity index (χ4v) is 3.03. The van der Waals surface area contributed by atoms with Crippen LogP contribution in [0, 0.1) is 0 Å². The van der Waals surface area contributed by atoms with Crippen LogP contribution in [0.4, 0.5) is 5.69 Å². The summed E-state index contributed by atoms with van der Waals surface area (Å²) in [5.41, 5.74) is 2.00. The number of carbonyl (C=O) groups is 1. The third-order valence-electron chi connectivity index (χ3n) is 3.55. The second-order valence-corrected chi connectivity index (χ2v) is 6.12. The van der Waals surface area contributed by atoms with Gasteiger partial charge in [-0.2, -0.15) is 0 Å². The number of hydrogen-bond acceptors (Lipinski definition) is 7. The molecule has 0 saturated heterocycles. The average molecular weight is 374 g/mol. The number of fused-ring (bicyclic) bond motifs is 1. The molecule has 136 valence electrons. The molecular formula is C18H18N2O5S. The van der Waals surface area contributed by atoms with Gasteiger partial charge in [-0.3, -0.25) is 4.79 Å². The zero-order valence-electron chi connectivity index (χ0n) is 14.6. The maximum Gasteiger partial charge on any atom is 0.257 e. The van der Waals surface area contributed by atoms with E-state index in [0.29, 0.717) is 33.7 Å². The van der Waals surface area contributed by atoms with Gasteiger partial charge in [-0.25, -0.2) is 4.98 Å². The fourth-order valence-electron chi connectivity index (χ4n) is 2.39. The summed E-state index contributed by atoms with van der Waals surface area (Å²) >= 11 is 1.22. The summed E-state index contributed by atoms with van der Waals surface area (Å²) in [6, 6.07) is 10.8. The second-order valence-electron chi connectivity index (χ2n) is 5.20. The number of carbonyl (C=O) groups excluding carboxylic acids is 1. The van der Waals surface area contributed by atoms with E-state index in [1.807, 2.05) is 24.3 Å². The number of nitrogens with one attached hydrogen (secondary N) is 1. The summed E-state index contributed by atoms with van der Waals surface area (Å²) in [6.07, 6.45) is 0. The molecule has 26 heavy (non-hydrogen) atoms. The van der Waals surface area contributed by atoms with Crippen molar-refractivity contribution in [2.75, 3.05) is 32.4 Å². The van der Waals surface area contributed by atoms with Gasteiger partial charge in [-0.1, -0.05) is 23.9 Å². The first kappa shape index (κ1) is 17.9. The molecule has 0 aliphatic heterocycles. The van der Waals surface area contributed by atoms with Crippen LogP contribution >= 0.6 is 11.8 Å². The Morgan fingerprint density at radius 2 is 1.81 bits per heavy atom. The molecule has 0 bridgehead atoms. The zero-order chi connectivity index (χ0) is 18.5. The van der Waals surface area contributed by atoms with Crippen LogP contribution in [-0.2, 0) is 4.79 Å². The van der Waals surface area contributed by atoms with Gasteiger partial charge in [-0.05, 0) is 12.1 Å². The second kappa shape index (κ2) is 8.01. The highest BCUT2D eigenvalue weighted by atomic mass is 32.2. The van der Waals surface area contributed by atoms with Gasteiger partial charge in [0.2, 0.25) is 11.7 Å². The van der Waals surface area contributed by atoms with E-state index in [1.54, 1.807) is 12.1 Å². The van der Waals surface area contributed by atoms with Crippen LogP contribution in [-0.4, -0.2) is 38.0 Å². The number of anilines is 1. The van der Waals surface area contributed by atoms with Crippen molar-refractivity contribution in [2.24, 2.45) is 0 Å². The number of benzene rings is 2. The van der Waals surface area contributed by atoms with Crippen LogP contribution in [0.25, 0.3) is 11.1 Å². The lowest BCUT2D eigenvalue weighted by Gasteiger charge is -2.14. The van der Waals surface area contributed by atoms with E-state index in [2.05, 4.69) is 10.3 Å². The first-order valence-corrected chi connectivity index (χ1v) is 8.71. The van der Waals surface area contributed by atoms with E-state index in [4.69, 9.17) is 18.6 Å². The maximum atomic E-state index is 12.2. The Hall–Kier alpha value is -2.87. The van der Waals surface area contributed by atoms with E-state index in [1.165, 1.54) is 33.1 Å². The molecule has 0 aliphatic rings. The number of amides is 1. The highest BCUT2D eigenvalue weighted by Gasteiger charge is 2.15. The zero-order valence-corrected chi connectivity index (χ0v) is 15.4. The molecule has 3 aromatic rings. The quantitative estimate of drug-likeness (QED) is 0.633. The molecule has 0 fully saturated rings. The summed E-state index contributed by atoms with van der Waals surface area (Å²) in [7, 11) is 4.56. The van der Waals surface area contributed by atoms with Gasteiger partial charge in [0.05, 0.1) is 27.1 Å². The van der Waals surface area contributed by atoms with E-state index in [-0.39, 0.29) is 11.7 Å². The van der Waals surface area contributed by atoms with E-state index in [9.17, 15) is 4.79 Å². The van der Waals surface area contributed by atoms with Gasteiger partial charge in [0, 0.05) is 17.8 Å². The lowest BCUT2D eigenvalue weighted by molar-refractivity contribution is -0.113. The molecule has 3 rings (SSSR count). The van der Waals surface area contributed by atoms with Crippen molar-refractivity contribution in [3.63, 3.8) is 0 Å². The Morgan fingerprint density at radius 1 is 1.12 bits per heavy atom. The van der Waals surface area contributed by atoms with Crippen LogP contribution in [0.1, 0.15) is 0 Å². The Balaban J connectivity index is 1.67. The summed E-state index contributed by atoms with van der Waals surface area (Å²) in [4.78, 5) is 16.6. The van der Waals surface area contributed by atoms with E-state index < -0.39 is 0 Å². The van der Waals surface area contributed by atoms with Crippen LogP contribution in [0.2, 0.25) is 0 Å². The molecule has 1 N–H and O–H groups in total. The Bertz CT molecular complexity index is 867. The van der Waals surface area contributed by atoms with E-state index >= 15 is 0 Å². The molecule has 0 radical (unpaired) electrons. The Kier molecular flexibility index (Phi) is 5.52. The van der Waals surface area contributed by atoms with Crippen LogP contribution in [0.3, 0.4) is 0 Å². The molecule has 0 saturated carbocycles. The lowest BCUT2D eigenvalue weighted by Crippen LogP contribution is -2.14. The lowest BCUT2D eigenvalue weighted by atomic mass is 10.2. The third-order valence-corrected chi connectivity index (χ3v) is 4.38. The van der Waals surface area contributed by atoms with Gasteiger partial charge in [0.25, 0.3) is 5.22 Å². The minimum absolute atomic E-state index is 0.156. The average Bonchev–Trinajstić information content (AvgIpc) is 3.08. The number of hydrogen-bond donors (Lipinski definition) is 1. The molecule has 7 nitrogen and oxygen atoms in total. The van der Waals surface area contributed by atoms with Crippen molar-refractivity contribution in [1.29, 1.82) is 0 Å². The number of para-hydroxylation sites is 2. The monoisotopic (exact) mass is 374 g/mol. The Morgan fingerprint density at radius 3 is 2.42 bits per heavy atom. The number of thioether (sulfide) groups is 1. The Labute approximate surface area is 154 Å². The summed E-state index contributed by atoms with van der Waals surface area (Å²) in [6.45, 7) is 0. The van der Waals surface area contributed by atoms with Crippen LogP contribution in [0.5, 0.6) is 17.2 Å². The van der Waals surface area contributed by atoms with Crippen LogP contribution in [0.15, 0.2) is 46.0 Å². The van der Waals surface area contributed by atoms with Gasteiger partial charge in [0.1, 0.15) is 5.52 Å². The third kappa shape index (κ3) is 3.85. The molecule has 0 atom stereocenters. The largest absolute Gasteiger partial charge is 0.493 e. The fraction of sp³-hybridized carbons (Fsp3) is 0.222. The molecule has 0 aliphatic carbocycles. The van der Waals surface area contributed by atoms with Gasteiger partial charge in [0.15, 0.2) is 17.1 Å². The maximum absolute atomic E-state index is 12.2. The van der Waals surface area contributed by atoms with Gasteiger partial charge < -0.3 is 23.9 Å². The van der Waals surface area contributed by atoms with Gasteiger partial charge >= 0.3 is 0 Å². The standard InChI is InChI=1S/C18H18N2O5S/c1-22-14-8-11(9-15(23-2)17(14)24-3)19-16(21)10-26-18-20-12-6-4-5-7-13(12)25-18/h4-9H,10H2,1-3H3,(H,19,21). The molecule has 2 aromatic carbocycles. The minimum Gasteiger partial charge on any atom is -0.493 e. The normalized spacial score (nSPS) is 10.6. The predicted octanol–water partition coefficient (Wildman–Crippen LogP) is 3.58. The number of rotatable bonds is 7. The van der Waals surface area contributed by atoms with Crippen molar-refractivity contribution in [3.05, 3.63) is 36.4 Å². The van der Waals surface area contributed by atoms with Crippen molar-refractivity contribution >= 4 is 34.5 Å². The number of oxazole rings is 1. The smallest absolute Gasteiger partial charge is 0.257 e. The van der Waals surface area contributed by atoms with E-state index in [0.717, 1.165) is 5.52 Å². The molecular weight excluding hydrogens is 356 g/mol. The highest BCUT2D eigenvalue weighted by Crippen LogP contribution is 2.40. The molecule has 0 unspecified atom stereocenters. The highest BCUT2D eigenvalue weighted by molar-refractivity contribution is 7.99. The summed E-state index contributed by atoms with van der Waals surface area (Å²) < 4.78 is 21.4. The molecule has 1 aromatic heterocycles. The first-order valence-electron chi connectivity index (χ1n) is 7.73. The summed E-state index contributed by atoms with van der Waals surface area (Å²) in [5.74, 6) is 1.35. The van der Waals surface area contributed by atoms with Crippen molar-refractivity contribution in [3.8, 4) is 17.2 Å². The predicted molar refractivity (Wildman–Crippen MR) is 99.5 cm³/mol. The van der Waals surface area contributed by atoms with Crippen molar-refractivity contribution < 1.29 is 23.4 Å². The van der Waals surface area contributed by atoms with Crippen molar-refractivity contribution in [2.45, 2.75) is 5.22 Å². The minimum atomic E-state index is -0.202. The SMILES string of the molecule is COc1cc(NC(=O)CSc2nc3ccccc3o2)cc(OC)c1OC. The summed E-state index contributed by atoms with van der Waals surface area (Å²) in [5, 5.41) is 3.25.